The molecule has 5 rings (SSSR count). The molecule has 7 nitrogen and oxygen atoms in total. The maximum atomic E-state index is 13.2. The summed E-state index contributed by atoms with van der Waals surface area (Å²) in [5.41, 5.74) is 2.42. The molecule has 214 valence electrons. The van der Waals surface area contributed by atoms with Crippen LogP contribution >= 0.6 is 0 Å². The second kappa shape index (κ2) is 12.7. The Kier molecular flexibility index (Phi) is 8.84. The molecule has 0 aromatic heterocycles. The molecule has 0 heterocycles. The number of ketones is 2. The van der Waals surface area contributed by atoms with Gasteiger partial charge in [-0.3, -0.25) is 9.59 Å². The van der Waals surface area contributed by atoms with E-state index >= 15 is 0 Å². The Hall–Kier alpha value is -3.97. The minimum atomic E-state index is -0.685. The minimum Gasteiger partial charge on any atom is -0.492 e. The van der Waals surface area contributed by atoms with Crippen molar-refractivity contribution < 1.29 is 23.9 Å². The van der Waals surface area contributed by atoms with E-state index in [1.807, 2.05) is 48.5 Å². The van der Waals surface area contributed by atoms with Gasteiger partial charge in [0.1, 0.15) is 24.2 Å². The number of ether oxygens (including phenoxy) is 2. The maximum absolute atomic E-state index is 13.2. The van der Waals surface area contributed by atoms with E-state index in [1.165, 1.54) is 7.11 Å². The molecule has 0 aliphatic heterocycles. The normalized spacial score (nSPS) is 16.7. The highest BCUT2D eigenvalue weighted by molar-refractivity contribution is 6.12. The van der Waals surface area contributed by atoms with E-state index in [2.05, 4.69) is 17.6 Å². The highest BCUT2D eigenvalue weighted by atomic mass is 16.5. The molecule has 0 bridgehead atoms. The van der Waals surface area contributed by atoms with Crippen LogP contribution in [0.2, 0.25) is 0 Å². The van der Waals surface area contributed by atoms with Gasteiger partial charge in [0.15, 0.2) is 5.78 Å². The van der Waals surface area contributed by atoms with Crippen molar-refractivity contribution >= 4 is 23.2 Å². The molecule has 41 heavy (non-hydrogen) atoms. The Labute approximate surface area is 241 Å². The van der Waals surface area contributed by atoms with Crippen LogP contribution in [0.25, 0.3) is 0 Å². The summed E-state index contributed by atoms with van der Waals surface area (Å²) in [6, 6.07) is 23.4. The van der Waals surface area contributed by atoms with E-state index in [0.29, 0.717) is 48.1 Å². The first-order valence-corrected chi connectivity index (χ1v) is 14.4. The second-order valence-corrected chi connectivity index (χ2v) is 11.1. The van der Waals surface area contributed by atoms with Gasteiger partial charge in [-0.1, -0.05) is 54.6 Å². The second-order valence-electron chi connectivity index (χ2n) is 11.1. The van der Waals surface area contributed by atoms with Crippen molar-refractivity contribution in [1.82, 2.24) is 5.32 Å². The number of hydrogen-bond donors (Lipinski definition) is 2. The molecule has 0 saturated heterocycles. The lowest BCUT2D eigenvalue weighted by molar-refractivity contribution is -0.141. The summed E-state index contributed by atoms with van der Waals surface area (Å²) >= 11 is 0. The zero-order valence-electron chi connectivity index (χ0n) is 23.7. The summed E-state index contributed by atoms with van der Waals surface area (Å²) in [7, 11) is 1.36. The summed E-state index contributed by atoms with van der Waals surface area (Å²) in [5, 5.41) is 6.73. The molecule has 2 N–H and O–H groups in total. The molecule has 2 aliphatic carbocycles. The monoisotopic (exact) mass is 554 g/mol. The van der Waals surface area contributed by atoms with Crippen molar-refractivity contribution in [2.45, 2.75) is 51.1 Å². The number of carbonyl (C=O) groups is 3. The average molecular weight is 555 g/mol. The first-order valence-electron chi connectivity index (χ1n) is 14.4. The van der Waals surface area contributed by atoms with Crippen LogP contribution in [0.15, 0.2) is 78.9 Å². The molecule has 2 atom stereocenters. The minimum absolute atomic E-state index is 0.121. The topological polar surface area (TPSA) is 93.7 Å². The highest BCUT2D eigenvalue weighted by Gasteiger charge is 2.56. The lowest BCUT2D eigenvalue weighted by atomic mass is 9.90. The number of anilines is 1. The first-order chi connectivity index (χ1) is 19.9. The maximum Gasteiger partial charge on any atom is 0.328 e. The van der Waals surface area contributed by atoms with Crippen LogP contribution in [0.1, 0.15) is 54.1 Å². The number of Topliss-reactive ketones (excluding diaryl/α,β-unsaturated/α-hetero) is 1. The number of benzene rings is 3. The molecule has 0 spiro atoms. The van der Waals surface area contributed by atoms with Crippen molar-refractivity contribution in [2.75, 3.05) is 25.6 Å². The van der Waals surface area contributed by atoms with Crippen molar-refractivity contribution in [3.63, 3.8) is 0 Å². The lowest BCUT2D eigenvalue weighted by Crippen LogP contribution is -2.41. The lowest BCUT2D eigenvalue weighted by Gasteiger charge is -2.23. The van der Waals surface area contributed by atoms with Crippen LogP contribution in [0.5, 0.6) is 5.75 Å². The van der Waals surface area contributed by atoms with Gasteiger partial charge >= 0.3 is 5.97 Å². The van der Waals surface area contributed by atoms with Gasteiger partial charge in [0.25, 0.3) is 0 Å². The Bertz CT molecular complexity index is 1360. The summed E-state index contributed by atoms with van der Waals surface area (Å²) in [6.45, 7) is 3.28. The number of carbonyl (C=O) groups excluding carboxylic acids is 3. The van der Waals surface area contributed by atoms with Gasteiger partial charge in [-0.05, 0) is 62.4 Å². The fourth-order valence-electron chi connectivity index (χ4n) is 5.45. The summed E-state index contributed by atoms with van der Waals surface area (Å²) in [6.07, 6.45) is 4.48. The number of para-hydroxylation sites is 1. The third-order valence-corrected chi connectivity index (χ3v) is 8.26. The standard InChI is InChI=1S/C34H38N2O5/c1-23(34(18-19-34)32(38)26-14-15-26)35-20-21-41-27-16-12-24(13-17-27)22-30(33(39)40-2)36-29-11-7-6-10-28(29)31(37)25-8-4-3-5-9-25/h3-13,16-17,23,26,30,35-36H,14-15,18-22H2,1-2H3. The van der Waals surface area contributed by atoms with Crippen molar-refractivity contribution in [3.8, 4) is 5.75 Å². The number of rotatable bonds is 15. The van der Waals surface area contributed by atoms with Gasteiger partial charge in [0, 0.05) is 47.2 Å². The Balaban J connectivity index is 1.15. The highest BCUT2D eigenvalue weighted by Crippen LogP contribution is 2.54. The summed E-state index contributed by atoms with van der Waals surface area (Å²) < 4.78 is 11.0. The van der Waals surface area contributed by atoms with E-state index in [-0.39, 0.29) is 17.2 Å². The zero-order chi connectivity index (χ0) is 28.8. The predicted molar refractivity (Wildman–Crippen MR) is 158 cm³/mol. The van der Waals surface area contributed by atoms with Crippen LogP contribution in [-0.4, -0.2) is 49.9 Å². The van der Waals surface area contributed by atoms with Gasteiger partial charge in [-0.2, -0.15) is 0 Å². The molecule has 2 unspecified atom stereocenters. The quantitative estimate of drug-likeness (QED) is 0.151. The number of nitrogens with one attached hydrogen (secondary N) is 2. The number of esters is 1. The van der Waals surface area contributed by atoms with Gasteiger partial charge < -0.3 is 20.1 Å². The molecular formula is C34H38N2O5. The largest absolute Gasteiger partial charge is 0.492 e. The Morgan fingerprint density at radius 2 is 1.61 bits per heavy atom. The van der Waals surface area contributed by atoms with Crippen LogP contribution in [0.4, 0.5) is 5.69 Å². The molecule has 7 heteroatoms. The molecule has 0 amide bonds. The fraction of sp³-hybridized carbons (Fsp3) is 0.382. The molecule has 2 aliphatic rings. The molecular weight excluding hydrogens is 516 g/mol. The number of methoxy groups -OCH3 is 1. The van der Waals surface area contributed by atoms with Gasteiger partial charge in [-0.25, -0.2) is 4.79 Å². The molecule has 2 saturated carbocycles. The van der Waals surface area contributed by atoms with Gasteiger partial charge in [0.05, 0.1) is 7.11 Å². The summed E-state index contributed by atoms with van der Waals surface area (Å²) in [5.74, 6) is 0.961. The van der Waals surface area contributed by atoms with Crippen molar-refractivity contribution in [2.24, 2.45) is 11.3 Å². The van der Waals surface area contributed by atoms with Crippen LogP contribution < -0.4 is 15.4 Å². The van der Waals surface area contributed by atoms with Crippen LogP contribution in [0, 0.1) is 11.3 Å². The predicted octanol–water partition coefficient (Wildman–Crippen LogP) is 5.23. The smallest absolute Gasteiger partial charge is 0.328 e. The Morgan fingerprint density at radius 3 is 2.27 bits per heavy atom. The first kappa shape index (κ1) is 28.6. The third-order valence-electron chi connectivity index (χ3n) is 8.26. The van der Waals surface area contributed by atoms with Crippen LogP contribution in [0.3, 0.4) is 0 Å². The molecule has 3 aromatic rings. The van der Waals surface area contributed by atoms with Gasteiger partial charge in [0.2, 0.25) is 0 Å². The zero-order valence-corrected chi connectivity index (χ0v) is 23.7. The molecule has 2 fully saturated rings. The summed E-state index contributed by atoms with van der Waals surface area (Å²) in [4.78, 5) is 38.5. The van der Waals surface area contributed by atoms with E-state index in [9.17, 15) is 14.4 Å². The van der Waals surface area contributed by atoms with Crippen LogP contribution in [-0.2, 0) is 20.7 Å². The molecule has 3 aromatic carbocycles. The Morgan fingerprint density at radius 1 is 0.927 bits per heavy atom. The van der Waals surface area contributed by atoms with Crippen molar-refractivity contribution in [3.05, 3.63) is 95.6 Å². The van der Waals surface area contributed by atoms with E-state index < -0.39 is 12.0 Å². The fourth-order valence-corrected chi connectivity index (χ4v) is 5.45. The number of hydrogen-bond acceptors (Lipinski definition) is 7. The van der Waals surface area contributed by atoms with E-state index in [0.717, 1.165) is 37.0 Å². The van der Waals surface area contributed by atoms with E-state index in [4.69, 9.17) is 9.47 Å². The van der Waals surface area contributed by atoms with Crippen molar-refractivity contribution in [1.29, 1.82) is 0 Å². The van der Waals surface area contributed by atoms with E-state index in [1.54, 1.807) is 30.3 Å². The average Bonchev–Trinajstić information content (AvgIpc) is 3.94. The van der Waals surface area contributed by atoms with Gasteiger partial charge in [-0.15, -0.1) is 0 Å². The molecule has 0 radical (unpaired) electrons. The SMILES string of the molecule is COC(=O)C(Cc1ccc(OCCNC(C)C2(C(=O)C3CC3)CC2)cc1)Nc1ccccc1C(=O)c1ccccc1. The third kappa shape index (κ3) is 6.85.